The first kappa shape index (κ1) is 36.9. The average Bonchev–Trinajstić information content (AvgIpc) is 3.67. The van der Waals surface area contributed by atoms with Crippen LogP contribution in [-0.2, 0) is 41.5 Å². The molecule has 0 heterocycles. The van der Waals surface area contributed by atoms with Crippen molar-refractivity contribution in [2.24, 2.45) is 0 Å². The van der Waals surface area contributed by atoms with E-state index in [4.69, 9.17) is 0 Å². The van der Waals surface area contributed by atoms with Crippen LogP contribution >= 0.6 is 0 Å². The molecular weight excluding hydrogens is 631 g/mol. The van der Waals surface area contributed by atoms with Gasteiger partial charge < -0.3 is 24.8 Å². The maximum Gasteiger partial charge on any atom is -0.109 e. The third-order valence-corrected chi connectivity index (χ3v) is 9.91. The van der Waals surface area contributed by atoms with Crippen molar-refractivity contribution in [3.05, 3.63) is 94.1 Å². The summed E-state index contributed by atoms with van der Waals surface area (Å²) < 4.78 is 1.79. The van der Waals surface area contributed by atoms with E-state index in [1.807, 2.05) is 12.2 Å². The Balaban J connectivity index is 0.000000304. The normalized spacial score (nSPS) is 16.7. The molecule has 0 aromatic heterocycles. The summed E-state index contributed by atoms with van der Waals surface area (Å²) in [4.78, 5) is 0. The number of fused-ring (bicyclic) bond motifs is 5. The number of halogens is 2. The fourth-order valence-electron chi connectivity index (χ4n) is 6.52. The van der Waals surface area contributed by atoms with Crippen LogP contribution in [-0.4, -0.2) is 3.21 Å². The molecule has 4 aliphatic rings. The summed E-state index contributed by atoms with van der Waals surface area (Å²) in [5, 5.41) is 0. The zero-order valence-electron chi connectivity index (χ0n) is 27.0. The summed E-state index contributed by atoms with van der Waals surface area (Å²) >= 11 is 1.67. The molecule has 0 amide bonds. The molecule has 0 atom stereocenters. The summed E-state index contributed by atoms with van der Waals surface area (Å²) in [6.07, 6.45) is 25.4. The molecule has 6 rings (SSSR count). The summed E-state index contributed by atoms with van der Waals surface area (Å²) in [5.41, 5.74) is 14.5. The monoisotopic (exact) mass is 676 g/mol. The van der Waals surface area contributed by atoms with Crippen molar-refractivity contribution in [1.29, 1.82) is 0 Å². The van der Waals surface area contributed by atoms with E-state index < -0.39 is 0 Å². The predicted octanol–water partition coefficient (Wildman–Crippen LogP) is 4.85. The van der Waals surface area contributed by atoms with Gasteiger partial charge in [0.1, 0.15) is 0 Å². The number of unbranched alkanes of at least 4 members (excludes halogenated alkanes) is 2. The van der Waals surface area contributed by atoms with Gasteiger partial charge in [0.15, 0.2) is 0 Å². The maximum absolute atomic E-state index is 3.65. The molecule has 0 saturated heterocycles. The van der Waals surface area contributed by atoms with Gasteiger partial charge in [-0.25, -0.2) is 17.7 Å². The van der Waals surface area contributed by atoms with Crippen molar-refractivity contribution in [3.8, 4) is 11.1 Å². The zero-order valence-corrected chi connectivity index (χ0v) is 31.0. The number of hydrogen-bond donors (Lipinski definition) is 0. The third-order valence-electron chi connectivity index (χ3n) is 8.68. The second-order valence-electron chi connectivity index (χ2n) is 13.0. The van der Waals surface area contributed by atoms with E-state index in [0.29, 0.717) is 0 Å². The van der Waals surface area contributed by atoms with Crippen molar-refractivity contribution in [2.75, 3.05) is 0 Å². The van der Waals surface area contributed by atoms with E-state index in [0.717, 1.165) is 12.8 Å². The van der Waals surface area contributed by atoms with Gasteiger partial charge in [-0.2, -0.15) is 11.6 Å². The number of allylic oxidation sites excluding steroid dienone is 8. The van der Waals surface area contributed by atoms with Crippen molar-refractivity contribution in [3.63, 3.8) is 0 Å². The maximum atomic E-state index is 3.65. The molecule has 2 aromatic rings. The van der Waals surface area contributed by atoms with Crippen LogP contribution in [0, 0.1) is 12.2 Å². The molecule has 0 spiro atoms. The molecule has 3 heteroatoms. The number of benzene rings is 2. The van der Waals surface area contributed by atoms with Gasteiger partial charge in [0.05, 0.1) is 0 Å². The van der Waals surface area contributed by atoms with Crippen LogP contribution in [0.1, 0.15) is 134 Å². The molecule has 0 N–H and O–H groups in total. The number of hydrogen-bond acceptors (Lipinski definition) is 0. The average molecular weight is 679 g/mol. The van der Waals surface area contributed by atoms with Gasteiger partial charge in [-0.05, 0) is 58.4 Å². The van der Waals surface area contributed by atoms with Crippen molar-refractivity contribution >= 4 is 14.4 Å². The minimum absolute atomic E-state index is 0. The fraction of sp³-hybridized carbons (Fsp3) is 0.462. The minimum atomic E-state index is 0. The first-order valence-electron chi connectivity index (χ1n) is 15.4. The van der Waals surface area contributed by atoms with Crippen LogP contribution < -0.4 is 24.8 Å². The van der Waals surface area contributed by atoms with Gasteiger partial charge >= 0.3 is 79.8 Å². The summed E-state index contributed by atoms with van der Waals surface area (Å²) in [6.45, 7) is 18.2. The summed E-state index contributed by atoms with van der Waals surface area (Å²) in [7, 11) is 0. The predicted molar refractivity (Wildman–Crippen MR) is 172 cm³/mol. The second kappa shape index (κ2) is 15.6. The van der Waals surface area contributed by atoms with Gasteiger partial charge in [-0.3, -0.25) is 12.2 Å². The summed E-state index contributed by atoms with van der Waals surface area (Å²) in [6, 6.07) is 9.81. The van der Waals surface area contributed by atoms with Crippen LogP contribution in [0.3, 0.4) is 0 Å². The molecule has 0 aliphatic heterocycles. The van der Waals surface area contributed by atoms with Crippen LogP contribution in [0.2, 0.25) is 0 Å². The van der Waals surface area contributed by atoms with Gasteiger partial charge in [0.2, 0.25) is 0 Å². The van der Waals surface area contributed by atoms with Crippen molar-refractivity contribution in [2.45, 2.75) is 118 Å². The molecular formula is C39H48Cl2Zr-2. The molecule has 0 radical (unpaired) electrons. The van der Waals surface area contributed by atoms with Crippen LogP contribution in [0.4, 0.5) is 0 Å². The second-order valence-corrected chi connectivity index (χ2v) is 14.8. The molecule has 224 valence electrons. The van der Waals surface area contributed by atoms with Gasteiger partial charge in [-0.15, -0.1) is 18.1 Å². The Hall–Kier alpha value is -1.27. The molecule has 0 fully saturated rings. The molecule has 0 nitrogen and oxygen atoms in total. The number of rotatable bonds is 6. The third kappa shape index (κ3) is 8.26. The molecule has 2 aromatic carbocycles. The minimum Gasteiger partial charge on any atom is -1.00 e. The Morgan fingerprint density at radius 3 is 1.88 bits per heavy atom. The first-order valence-corrected chi connectivity index (χ1v) is 16.7. The smallest absolute Gasteiger partial charge is 0.109 e. The Morgan fingerprint density at radius 1 is 0.810 bits per heavy atom. The zero-order chi connectivity index (χ0) is 29.1. The van der Waals surface area contributed by atoms with E-state index in [1.165, 1.54) is 94.2 Å². The molecule has 42 heavy (non-hydrogen) atoms. The van der Waals surface area contributed by atoms with Crippen LogP contribution in [0.25, 0.3) is 22.3 Å². The van der Waals surface area contributed by atoms with Gasteiger partial charge in [0, 0.05) is 5.41 Å². The first-order chi connectivity index (χ1) is 19.0. The van der Waals surface area contributed by atoms with E-state index in [2.05, 4.69) is 104 Å². The van der Waals surface area contributed by atoms with E-state index in [-0.39, 0.29) is 35.6 Å². The molecule has 0 unspecified atom stereocenters. The standard InChI is InChI=1S/C25H25.C9H18.C5H5.2ClH.Zr/c1-14-12-24(3,4)22-8-16-7-17-9-23-19(15(2)13-25(23,5)6)11-21(17)20(16)10-18(14)22;1-3-5-7-9-8-6-4-2;1-2-4-5-3-1;;;/h8-12H,7H2,1-6H3;3-8H2,1-2H3;1-3H,4H2;2*1H;/q-1;;-1;;;+2/p-2. The Morgan fingerprint density at radius 2 is 1.38 bits per heavy atom. The van der Waals surface area contributed by atoms with E-state index in [9.17, 15) is 0 Å². The van der Waals surface area contributed by atoms with Gasteiger partial charge in [-0.1, -0.05) is 58.2 Å². The van der Waals surface area contributed by atoms with Crippen molar-refractivity contribution < 1.29 is 49.0 Å². The Kier molecular flexibility index (Phi) is 13.8. The fourth-order valence-corrected chi connectivity index (χ4v) is 7.39. The SMILES string of the molecule is CC1=[C-]C(C)(C)c2cc3c(cc21)-c1cc2c(cc1C3)C(C)(C)C=C2C.CCCC[C](=[Zr+2])CCCC.[C-]1=CC=CC1.[Cl-].[Cl-]. The van der Waals surface area contributed by atoms with E-state index >= 15 is 0 Å². The molecule has 4 aliphatic carbocycles. The largest absolute Gasteiger partial charge is 1.00 e. The summed E-state index contributed by atoms with van der Waals surface area (Å²) in [5.74, 6) is 0. The molecule has 0 bridgehead atoms. The van der Waals surface area contributed by atoms with Gasteiger partial charge in [0.25, 0.3) is 0 Å². The Bertz CT molecular complexity index is 1290. The van der Waals surface area contributed by atoms with Crippen molar-refractivity contribution in [1.82, 2.24) is 0 Å². The van der Waals surface area contributed by atoms with Crippen LogP contribution in [0.15, 0.2) is 48.6 Å². The van der Waals surface area contributed by atoms with Crippen LogP contribution in [0.5, 0.6) is 0 Å². The topological polar surface area (TPSA) is 0 Å². The van der Waals surface area contributed by atoms with E-state index in [1.54, 1.807) is 27.4 Å². The molecule has 0 saturated carbocycles. The quantitative estimate of drug-likeness (QED) is 0.328. The Labute approximate surface area is 284 Å².